The first-order valence-corrected chi connectivity index (χ1v) is 8.63. The summed E-state index contributed by atoms with van der Waals surface area (Å²) in [7, 11) is 1.85. The van der Waals surface area contributed by atoms with Crippen LogP contribution in [-0.4, -0.2) is 45.6 Å². The molecule has 0 aliphatic carbocycles. The van der Waals surface area contributed by atoms with Gasteiger partial charge in [0, 0.05) is 44.7 Å². The van der Waals surface area contributed by atoms with Crippen molar-refractivity contribution in [2.45, 2.75) is 25.5 Å². The lowest BCUT2D eigenvalue weighted by Crippen LogP contribution is -2.21. The Morgan fingerprint density at radius 1 is 1.18 bits per heavy atom. The Bertz CT molecular complexity index is 549. The van der Waals surface area contributed by atoms with Crippen molar-refractivity contribution in [1.82, 2.24) is 25.5 Å². The Balaban J connectivity index is 1.70. The first-order valence-electron chi connectivity index (χ1n) is 7.64. The summed E-state index contributed by atoms with van der Waals surface area (Å²) >= 11 is 1.66. The summed E-state index contributed by atoms with van der Waals surface area (Å²) < 4.78 is 1.69. The zero-order chi connectivity index (χ0) is 15.8. The van der Waals surface area contributed by atoms with Gasteiger partial charge in [0.15, 0.2) is 0 Å². The zero-order valence-electron chi connectivity index (χ0n) is 13.5. The van der Waals surface area contributed by atoms with Crippen molar-refractivity contribution in [3.8, 4) is 0 Å². The van der Waals surface area contributed by atoms with Crippen LogP contribution in [0, 0.1) is 0 Å². The molecule has 7 heteroatoms. The van der Waals surface area contributed by atoms with E-state index in [9.17, 15) is 0 Å². The molecule has 6 nitrogen and oxygen atoms in total. The fourth-order valence-electron chi connectivity index (χ4n) is 2.20. The fraction of sp³-hybridized carbons (Fsp3) is 0.533. The Morgan fingerprint density at radius 2 is 1.91 bits per heavy atom. The van der Waals surface area contributed by atoms with Gasteiger partial charge >= 0.3 is 0 Å². The molecule has 22 heavy (non-hydrogen) atoms. The molecule has 0 aliphatic heterocycles. The van der Waals surface area contributed by atoms with Gasteiger partial charge in [-0.2, -0.15) is 0 Å². The van der Waals surface area contributed by atoms with Crippen molar-refractivity contribution in [2.75, 3.05) is 30.3 Å². The zero-order valence-corrected chi connectivity index (χ0v) is 14.3. The number of nitrogens with zero attached hydrogens (tertiary/aromatic N) is 5. The highest BCUT2D eigenvalue weighted by Gasteiger charge is 2.03. The van der Waals surface area contributed by atoms with Gasteiger partial charge in [-0.15, -0.1) is 5.10 Å². The predicted octanol–water partition coefficient (Wildman–Crippen LogP) is 1.94. The largest absolute Gasteiger partial charge is 0.372 e. The third-order valence-corrected chi connectivity index (χ3v) is 4.50. The molecular weight excluding hydrogens is 296 g/mol. The van der Waals surface area contributed by atoms with E-state index in [-0.39, 0.29) is 0 Å². The van der Waals surface area contributed by atoms with E-state index in [0.717, 1.165) is 37.1 Å². The highest BCUT2D eigenvalue weighted by Crippen LogP contribution is 2.15. The first kappa shape index (κ1) is 16.8. The quantitative estimate of drug-likeness (QED) is 0.563. The minimum atomic E-state index is 0.852. The molecule has 120 valence electrons. The molecule has 1 N–H and O–H groups in total. The van der Waals surface area contributed by atoms with Crippen molar-refractivity contribution in [2.24, 2.45) is 7.05 Å². The monoisotopic (exact) mass is 320 g/mol. The molecular formula is C15H24N6S. The maximum atomic E-state index is 3.95. The topological polar surface area (TPSA) is 58.9 Å². The second kappa shape index (κ2) is 8.75. The highest BCUT2D eigenvalue weighted by molar-refractivity contribution is 7.99. The maximum Gasteiger partial charge on any atom is 0.209 e. The molecule has 2 rings (SSSR count). The lowest BCUT2D eigenvalue weighted by atomic mass is 10.2. The highest BCUT2D eigenvalue weighted by atomic mass is 32.2. The number of aromatic nitrogens is 4. The second-order valence-corrected chi connectivity index (χ2v) is 6.01. The predicted molar refractivity (Wildman–Crippen MR) is 91.2 cm³/mol. The summed E-state index contributed by atoms with van der Waals surface area (Å²) in [4.78, 5) is 2.35. The van der Waals surface area contributed by atoms with Crippen LogP contribution in [0.2, 0.25) is 0 Å². The van der Waals surface area contributed by atoms with Crippen molar-refractivity contribution in [3.63, 3.8) is 0 Å². The van der Waals surface area contributed by atoms with E-state index in [1.54, 1.807) is 16.4 Å². The van der Waals surface area contributed by atoms with Gasteiger partial charge in [0.05, 0.1) is 0 Å². The summed E-state index contributed by atoms with van der Waals surface area (Å²) in [6, 6.07) is 8.79. The second-order valence-electron chi connectivity index (χ2n) is 4.95. The first-order chi connectivity index (χ1) is 10.7. The molecule has 0 fully saturated rings. The number of hydrogen-bond acceptors (Lipinski definition) is 6. The Morgan fingerprint density at radius 3 is 2.50 bits per heavy atom. The Kier molecular flexibility index (Phi) is 6.67. The molecule has 1 aromatic carbocycles. The normalized spacial score (nSPS) is 10.9. The van der Waals surface area contributed by atoms with Gasteiger partial charge in [0.2, 0.25) is 5.16 Å². The van der Waals surface area contributed by atoms with Crippen LogP contribution in [0.25, 0.3) is 0 Å². The van der Waals surface area contributed by atoms with E-state index in [4.69, 9.17) is 0 Å². The van der Waals surface area contributed by atoms with Crippen molar-refractivity contribution in [3.05, 3.63) is 29.8 Å². The lowest BCUT2D eigenvalue weighted by Gasteiger charge is -2.21. The van der Waals surface area contributed by atoms with Crippen LogP contribution in [0.5, 0.6) is 0 Å². The van der Waals surface area contributed by atoms with Crippen LogP contribution >= 0.6 is 11.8 Å². The molecule has 0 aliphatic rings. The lowest BCUT2D eigenvalue weighted by molar-refractivity contribution is 0.663. The van der Waals surface area contributed by atoms with Crippen molar-refractivity contribution < 1.29 is 0 Å². The van der Waals surface area contributed by atoms with Crippen LogP contribution in [-0.2, 0) is 13.6 Å². The molecule has 1 aromatic heterocycles. The average Bonchev–Trinajstić information content (AvgIpc) is 2.95. The number of tetrazole rings is 1. The van der Waals surface area contributed by atoms with Crippen molar-refractivity contribution >= 4 is 17.4 Å². The third kappa shape index (κ3) is 4.71. The van der Waals surface area contributed by atoms with Crippen LogP contribution < -0.4 is 10.2 Å². The van der Waals surface area contributed by atoms with E-state index >= 15 is 0 Å². The summed E-state index contributed by atoms with van der Waals surface area (Å²) in [5.74, 6) is 0.950. The van der Waals surface area contributed by atoms with Gasteiger partial charge < -0.3 is 10.2 Å². The number of hydrogen-bond donors (Lipinski definition) is 1. The van der Waals surface area contributed by atoms with E-state index in [2.05, 4.69) is 63.9 Å². The van der Waals surface area contributed by atoms with Crippen LogP contribution in [0.1, 0.15) is 19.4 Å². The summed E-state index contributed by atoms with van der Waals surface area (Å²) in [6.07, 6.45) is 0. The van der Waals surface area contributed by atoms with E-state index in [1.807, 2.05) is 7.05 Å². The van der Waals surface area contributed by atoms with Gasteiger partial charge in [-0.25, -0.2) is 4.68 Å². The average molecular weight is 320 g/mol. The number of thioether (sulfide) groups is 1. The molecule has 0 radical (unpaired) electrons. The van der Waals surface area contributed by atoms with E-state index < -0.39 is 0 Å². The molecule has 1 heterocycles. The third-order valence-electron chi connectivity index (χ3n) is 3.49. The number of benzene rings is 1. The molecule has 2 aromatic rings. The van der Waals surface area contributed by atoms with Gasteiger partial charge in [0.1, 0.15) is 0 Å². The van der Waals surface area contributed by atoms with Gasteiger partial charge in [0.25, 0.3) is 0 Å². The standard InChI is InChI=1S/C15H24N6S/c1-4-21(5-2)14-8-6-13(7-9-14)12-16-10-11-22-15-17-18-19-20(15)3/h6-9,16H,4-5,10-12H2,1-3H3. The summed E-state index contributed by atoms with van der Waals surface area (Å²) in [6.45, 7) is 8.27. The van der Waals surface area contributed by atoms with Gasteiger partial charge in [-0.1, -0.05) is 23.9 Å². The van der Waals surface area contributed by atoms with E-state index in [0.29, 0.717) is 0 Å². The Labute approximate surface area is 136 Å². The van der Waals surface area contributed by atoms with Crippen LogP contribution in [0.15, 0.2) is 29.4 Å². The van der Waals surface area contributed by atoms with Crippen molar-refractivity contribution in [1.29, 1.82) is 0 Å². The molecule has 0 unspecified atom stereocenters. The number of anilines is 1. The van der Waals surface area contributed by atoms with Crippen LogP contribution in [0.3, 0.4) is 0 Å². The minimum Gasteiger partial charge on any atom is -0.372 e. The number of nitrogens with one attached hydrogen (secondary N) is 1. The molecule has 0 atom stereocenters. The summed E-state index contributed by atoms with van der Waals surface area (Å²) in [5, 5.41) is 15.7. The molecule has 0 bridgehead atoms. The molecule has 0 amide bonds. The maximum absolute atomic E-state index is 3.95. The smallest absolute Gasteiger partial charge is 0.209 e. The summed E-state index contributed by atoms with van der Waals surface area (Å²) in [5.41, 5.74) is 2.60. The Hall–Kier alpha value is -1.60. The molecule has 0 saturated heterocycles. The SMILES string of the molecule is CCN(CC)c1ccc(CNCCSc2nnnn2C)cc1. The molecule has 0 saturated carbocycles. The molecule has 0 spiro atoms. The van der Waals surface area contributed by atoms with Gasteiger partial charge in [-0.05, 0) is 42.0 Å². The van der Waals surface area contributed by atoms with E-state index in [1.165, 1.54) is 11.3 Å². The minimum absolute atomic E-state index is 0.852. The fourth-order valence-corrected chi connectivity index (χ4v) is 2.95. The van der Waals surface area contributed by atoms with Gasteiger partial charge in [-0.3, -0.25) is 0 Å². The number of rotatable bonds is 9. The van der Waals surface area contributed by atoms with Crippen LogP contribution in [0.4, 0.5) is 5.69 Å². The number of aryl methyl sites for hydroxylation is 1.